The fraction of sp³-hybridized carbons (Fsp3) is 0.296. The smallest absolute Gasteiger partial charge is 0.336 e. The molecule has 1 saturated heterocycles. The van der Waals surface area contributed by atoms with Gasteiger partial charge in [-0.25, -0.2) is 4.79 Å². The number of phenolic OH excluding ortho intramolecular Hbond substituents is 1. The Morgan fingerprint density at radius 2 is 1.64 bits per heavy atom. The van der Waals surface area contributed by atoms with Crippen molar-refractivity contribution < 1.29 is 19.0 Å². The molecule has 0 saturated carbocycles. The van der Waals surface area contributed by atoms with Gasteiger partial charge in [-0.1, -0.05) is 24.6 Å². The summed E-state index contributed by atoms with van der Waals surface area (Å²) in [5.74, 6) is 1.69. The molecule has 4 aromatic rings. The predicted octanol–water partition coefficient (Wildman–Crippen LogP) is 5.26. The van der Waals surface area contributed by atoms with Gasteiger partial charge in [0, 0.05) is 27.8 Å². The summed E-state index contributed by atoms with van der Waals surface area (Å²) in [4.78, 5) is 14.5. The van der Waals surface area contributed by atoms with E-state index in [-0.39, 0.29) is 24.2 Å². The van der Waals surface area contributed by atoms with Gasteiger partial charge in [-0.3, -0.25) is 4.90 Å². The van der Waals surface area contributed by atoms with Gasteiger partial charge >= 0.3 is 5.63 Å². The van der Waals surface area contributed by atoms with Crippen LogP contribution in [-0.4, -0.2) is 29.9 Å². The standard InChI is InChI=1S/C27H25NO5/c1-16-13-24(29)33-27-18(16)6-7-19-20(27)8-9-21(26(19)30)25(28-11-3-2-4-12-28)17-5-10-22-23(14-17)32-15-31-22/h5-10,13-14,25,30H,2-4,11-12,15H2,1H3/t25-/m1/s1. The normalized spacial score (nSPS) is 17.0. The lowest BCUT2D eigenvalue weighted by Gasteiger charge is -2.35. The Bertz CT molecular complexity index is 1430. The van der Waals surface area contributed by atoms with Crippen LogP contribution in [0.4, 0.5) is 0 Å². The molecule has 2 aliphatic rings. The maximum Gasteiger partial charge on any atom is 0.336 e. The van der Waals surface area contributed by atoms with Crippen molar-refractivity contribution in [1.82, 2.24) is 4.90 Å². The lowest BCUT2D eigenvalue weighted by Crippen LogP contribution is -2.34. The van der Waals surface area contributed by atoms with Gasteiger partial charge < -0.3 is 19.0 Å². The average molecular weight is 443 g/mol. The summed E-state index contributed by atoms with van der Waals surface area (Å²) in [5.41, 5.74) is 2.87. The van der Waals surface area contributed by atoms with Gasteiger partial charge in [0.15, 0.2) is 11.5 Å². The quantitative estimate of drug-likeness (QED) is 0.344. The number of hydrogen-bond donors (Lipinski definition) is 1. The molecule has 0 amide bonds. The van der Waals surface area contributed by atoms with E-state index in [0.717, 1.165) is 64.9 Å². The van der Waals surface area contributed by atoms with E-state index in [0.29, 0.717) is 11.0 Å². The van der Waals surface area contributed by atoms with Crippen LogP contribution in [0.1, 0.15) is 42.0 Å². The van der Waals surface area contributed by atoms with E-state index in [1.54, 1.807) is 0 Å². The number of aromatic hydroxyl groups is 1. The van der Waals surface area contributed by atoms with Gasteiger partial charge in [0.05, 0.1) is 6.04 Å². The van der Waals surface area contributed by atoms with Crippen molar-refractivity contribution in [1.29, 1.82) is 0 Å². The first-order valence-electron chi connectivity index (χ1n) is 11.4. The monoisotopic (exact) mass is 443 g/mol. The predicted molar refractivity (Wildman–Crippen MR) is 126 cm³/mol. The Morgan fingerprint density at radius 1 is 0.879 bits per heavy atom. The number of likely N-dealkylation sites (tertiary alicyclic amines) is 1. The molecule has 6 heteroatoms. The fourth-order valence-electron chi connectivity index (χ4n) is 5.25. The summed E-state index contributed by atoms with van der Waals surface area (Å²) in [6, 6.07) is 15.1. The maximum absolute atomic E-state index is 12.0. The number of ether oxygens (including phenoxy) is 2. The van der Waals surface area contributed by atoms with Crippen molar-refractivity contribution in [3.63, 3.8) is 0 Å². The molecule has 0 radical (unpaired) electrons. The first kappa shape index (κ1) is 20.1. The summed E-state index contributed by atoms with van der Waals surface area (Å²) >= 11 is 0. The van der Waals surface area contributed by atoms with Crippen LogP contribution in [0, 0.1) is 6.92 Å². The van der Waals surface area contributed by atoms with Gasteiger partial charge in [0.25, 0.3) is 0 Å². The molecule has 6 nitrogen and oxygen atoms in total. The largest absolute Gasteiger partial charge is 0.507 e. The third kappa shape index (κ3) is 3.33. The number of benzene rings is 3. The Morgan fingerprint density at radius 3 is 2.48 bits per heavy atom. The van der Waals surface area contributed by atoms with Crippen LogP contribution in [0.3, 0.4) is 0 Å². The van der Waals surface area contributed by atoms with Gasteiger partial charge in [0.1, 0.15) is 11.3 Å². The van der Waals surface area contributed by atoms with Crippen molar-refractivity contribution in [3.05, 3.63) is 75.6 Å². The zero-order valence-corrected chi connectivity index (χ0v) is 18.5. The van der Waals surface area contributed by atoms with Gasteiger partial charge in [-0.15, -0.1) is 0 Å². The number of phenols is 1. The Labute approximate surface area is 191 Å². The van der Waals surface area contributed by atoms with Gasteiger partial charge in [-0.05, 0) is 68.2 Å². The SMILES string of the molecule is Cc1cc(=O)oc2c1ccc1c(O)c([C@@H](c3ccc4c(c3)OCO4)N3CCCCC3)ccc12. The van der Waals surface area contributed by atoms with Crippen LogP contribution in [0.15, 0.2) is 57.7 Å². The number of rotatable bonds is 3. The zero-order valence-electron chi connectivity index (χ0n) is 18.5. The molecule has 33 heavy (non-hydrogen) atoms. The van der Waals surface area contributed by atoms with Crippen molar-refractivity contribution in [3.8, 4) is 17.2 Å². The van der Waals surface area contributed by atoms with Crippen LogP contribution < -0.4 is 15.1 Å². The van der Waals surface area contributed by atoms with E-state index >= 15 is 0 Å². The van der Waals surface area contributed by atoms with E-state index in [1.807, 2.05) is 43.3 Å². The highest BCUT2D eigenvalue weighted by molar-refractivity contribution is 6.07. The van der Waals surface area contributed by atoms with Crippen LogP contribution in [-0.2, 0) is 0 Å². The van der Waals surface area contributed by atoms with Gasteiger partial charge in [0.2, 0.25) is 6.79 Å². The molecule has 6 rings (SSSR count). The number of piperidine rings is 1. The molecule has 168 valence electrons. The lowest BCUT2D eigenvalue weighted by molar-refractivity contribution is 0.173. The van der Waals surface area contributed by atoms with E-state index in [9.17, 15) is 9.90 Å². The second-order valence-corrected chi connectivity index (χ2v) is 8.90. The second kappa shape index (κ2) is 7.81. The molecule has 1 atom stereocenters. The summed E-state index contributed by atoms with van der Waals surface area (Å²) in [7, 11) is 0. The highest BCUT2D eigenvalue weighted by atomic mass is 16.7. The Kier molecular flexibility index (Phi) is 4.76. The summed E-state index contributed by atoms with van der Waals surface area (Å²) < 4.78 is 16.7. The Hall–Kier alpha value is -3.51. The number of hydrogen-bond acceptors (Lipinski definition) is 6. The van der Waals surface area contributed by atoms with Crippen molar-refractivity contribution in [2.75, 3.05) is 19.9 Å². The first-order valence-corrected chi connectivity index (χ1v) is 11.4. The highest BCUT2D eigenvalue weighted by Gasteiger charge is 2.29. The molecule has 1 N–H and O–H groups in total. The minimum atomic E-state index is -0.386. The molecule has 0 spiro atoms. The molecule has 2 aliphatic heterocycles. The van der Waals surface area contributed by atoms with E-state index in [2.05, 4.69) is 11.0 Å². The first-order chi connectivity index (χ1) is 16.1. The van der Waals surface area contributed by atoms with Crippen molar-refractivity contribution >= 4 is 21.7 Å². The molecule has 0 bridgehead atoms. The van der Waals surface area contributed by atoms with Gasteiger partial charge in [-0.2, -0.15) is 0 Å². The third-order valence-corrected chi connectivity index (χ3v) is 6.88. The van der Waals surface area contributed by atoms with Crippen molar-refractivity contribution in [2.45, 2.75) is 32.2 Å². The molecular weight excluding hydrogens is 418 g/mol. The minimum absolute atomic E-state index is 0.121. The van der Waals surface area contributed by atoms with Crippen LogP contribution in [0.2, 0.25) is 0 Å². The lowest BCUT2D eigenvalue weighted by atomic mass is 9.91. The van der Waals surface area contributed by atoms with Crippen molar-refractivity contribution in [2.24, 2.45) is 0 Å². The summed E-state index contributed by atoms with van der Waals surface area (Å²) in [6.07, 6.45) is 3.48. The van der Waals surface area contributed by atoms with E-state index in [1.165, 1.54) is 12.5 Å². The molecule has 0 unspecified atom stereocenters. The molecule has 3 aromatic carbocycles. The summed E-state index contributed by atoms with van der Waals surface area (Å²) in [6.45, 7) is 4.04. The summed E-state index contributed by atoms with van der Waals surface area (Å²) in [5, 5.41) is 13.8. The topological polar surface area (TPSA) is 72.1 Å². The van der Waals surface area contributed by atoms with E-state index < -0.39 is 0 Å². The number of aryl methyl sites for hydroxylation is 1. The fourth-order valence-corrected chi connectivity index (χ4v) is 5.25. The average Bonchev–Trinajstić information content (AvgIpc) is 3.29. The second-order valence-electron chi connectivity index (χ2n) is 8.90. The molecule has 0 aliphatic carbocycles. The van der Waals surface area contributed by atoms with Crippen LogP contribution in [0.5, 0.6) is 17.2 Å². The van der Waals surface area contributed by atoms with E-state index in [4.69, 9.17) is 13.9 Å². The zero-order chi connectivity index (χ0) is 22.5. The van der Waals surface area contributed by atoms with Crippen LogP contribution in [0.25, 0.3) is 21.7 Å². The number of fused-ring (bicyclic) bond motifs is 4. The molecule has 1 aromatic heterocycles. The Balaban J connectivity index is 1.55. The minimum Gasteiger partial charge on any atom is -0.507 e. The number of nitrogens with zero attached hydrogens (tertiary/aromatic N) is 1. The highest BCUT2D eigenvalue weighted by Crippen LogP contribution is 2.43. The molecule has 1 fully saturated rings. The molecular formula is C27H25NO5. The third-order valence-electron chi connectivity index (χ3n) is 6.88. The maximum atomic E-state index is 12.0. The van der Waals surface area contributed by atoms with Crippen LogP contribution >= 0.6 is 0 Å². The molecule has 3 heterocycles.